The molecule has 170 valence electrons. The maximum Gasteiger partial charge on any atom is 0.281 e. The quantitative estimate of drug-likeness (QED) is 0.677. The van der Waals surface area contributed by atoms with Crippen molar-refractivity contribution in [1.29, 1.82) is 0 Å². The summed E-state index contributed by atoms with van der Waals surface area (Å²) in [7, 11) is 0. The number of hydrogen-bond donors (Lipinski definition) is 2. The van der Waals surface area contributed by atoms with Crippen LogP contribution in [0.4, 0.5) is 5.13 Å². The molecule has 1 aromatic heterocycles. The van der Waals surface area contributed by atoms with Crippen LogP contribution in [-0.2, 0) is 14.3 Å². The van der Waals surface area contributed by atoms with E-state index in [1.165, 1.54) is 17.8 Å². The largest absolute Gasteiger partial charge is 0.378 e. The molecule has 3 amide bonds. The van der Waals surface area contributed by atoms with Gasteiger partial charge in [0.25, 0.3) is 11.8 Å². The van der Waals surface area contributed by atoms with Crippen LogP contribution in [0.3, 0.4) is 0 Å². The van der Waals surface area contributed by atoms with E-state index in [4.69, 9.17) is 4.74 Å². The normalized spacial score (nSPS) is 22.4. The van der Waals surface area contributed by atoms with E-state index < -0.39 is 6.04 Å². The third kappa shape index (κ3) is 5.01. The first-order valence-corrected chi connectivity index (χ1v) is 12.1. The fourth-order valence-electron chi connectivity index (χ4n) is 4.63. The summed E-state index contributed by atoms with van der Waals surface area (Å²) in [5.74, 6) is -0.580. The second-order valence-corrected chi connectivity index (χ2v) is 9.46. The number of thiazole rings is 1. The maximum atomic E-state index is 12.9. The molecule has 4 rings (SSSR count). The molecule has 3 fully saturated rings. The summed E-state index contributed by atoms with van der Waals surface area (Å²) in [6.07, 6.45) is 6.61. The zero-order valence-corrected chi connectivity index (χ0v) is 18.8. The van der Waals surface area contributed by atoms with Crippen molar-refractivity contribution in [3.05, 3.63) is 10.6 Å². The molecule has 1 saturated carbocycles. The highest BCUT2D eigenvalue weighted by Crippen LogP contribution is 2.29. The maximum absolute atomic E-state index is 12.9. The number of nitrogens with one attached hydrogen (secondary N) is 2. The number of carbonyl (C=O) groups excluding carboxylic acids is 3. The zero-order chi connectivity index (χ0) is 21.8. The molecule has 2 aliphatic heterocycles. The van der Waals surface area contributed by atoms with E-state index in [-0.39, 0.29) is 23.6 Å². The Morgan fingerprint density at radius 2 is 1.74 bits per heavy atom. The van der Waals surface area contributed by atoms with Gasteiger partial charge >= 0.3 is 0 Å². The highest BCUT2D eigenvalue weighted by Gasteiger charge is 2.37. The molecular weight excluding hydrogens is 418 g/mol. The lowest BCUT2D eigenvalue weighted by atomic mass is 9.88. The number of likely N-dealkylation sites (tertiary alicyclic amines) is 1. The topological polar surface area (TPSA) is 104 Å². The molecule has 0 spiro atoms. The van der Waals surface area contributed by atoms with Crippen LogP contribution in [0, 0.1) is 12.8 Å². The van der Waals surface area contributed by atoms with Gasteiger partial charge in [-0.25, -0.2) is 4.98 Å². The number of anilines is 1. The van der Waals surface area contributed by atoms with Gasteiger partial charge in [-0.05, 0) is 32.6 Å². The zero-order valence-electron chi connectivity index (χ0n) is 18.0. The minimum Gasteiger partial charge on any atom is -0.378 e. The third-order valence-corrected chi connectivity index (χ3v) is 7.58. The van der Waals surface area contributed by atoms with Gasteiger partial charge in [0.1, 0.15) is 10.9 Å². The van der Waals surface area contributed by atoms with Gasteiger partial charge < -0.3 is 14.5 Å². The molecule has 2 N–H and O–H groups in total. The lowest BCUT2D eigenvalue weighted by Gasteiger charge is -2.30. The second-order valence-electron chi connectivity index (χ2n) is 8.48. The Labute approximate surface area is 186 Å². The van der Waals surface area contributed by atoms with Crippen LogP contribution in [0.5, 0.6) is 0 Å². The first kappa shape index (κ1) is 22.0. The predicted octanol–water partition coefficient (Wildman–Crippen LogP) is 1.62. The first-order chi connectivity index (χ1) is 15.0. The standard InChI is InChI=1S/C21H31N5O4S/c1-14-17(31-21(22-14)25-10-12-30-13-11-25)19(28)24-23-18(27)16-8-5-9-26(16)20(29)15-6-3-2-4-7-15/h15-16H,2-13H2,1H3,(H,23,27)(H,24,28). The molecule has 2 saturated heterocycles. The van der Waals surface area contributed by atoms with Crippen LogP contribution in [-0.4, -0.2) is 66.5 Å². The highest BCUT2D eigenvalue weighted by molar-refractivity contribution is 7.17. The Balaban J connectivity index is 1.33. The molecule has 10 heteroatoms. The second kappa shape index (κ2) is 9.95. The average molecular weight is 450 g/mol. The number of aryl methyl sites for hydroxylation is 1. The summed E-state index contributed by atoms with van der Waals surface area (Å²) in [6, 6.07) is -0.513. The van der Waals surface area contributed by atoms with Gasteiger partial charge in [-0.3, -0.25) is 25.2 Å². The van der Waals surface area contributed by atoms with Gasteiger partial charge in [0.15, 0.2) is 5.13 Å². The summed E-state index contributed by atoms with van der Waals surface area (Å²) < 4.78 is 5.36. The van der Waals surface area contributed by atoms with Crippen LogP contribution in [0.15, 0.2) is 0 Å². The predicted molar refractivity (Wildman–Crippen MR) is 117 cm³/mol. The van der Waals surface area contributed by atoms with Crippen molar-refractivity contribution in [2.24, 2.45) is 5.92 Å². The molecule has 9 nitrogen and oxygen atoms in total. The summed E-state index contributed by atoms with van der Waals surface area (Å²) in [5.41, 5.74) is 5.69. The SMILES string of the molecule is Cc1nc(N2CCOCC2)sc1C(=O)NNC(=O)C1CCCN1C(=O)C1CCCCC1. The number of aromatic nitrogens is 1. The molecule has 1 aromatic rings. The number of carbonyl (C=O) groups is 3. The van der Waals surface area contributed by atoms with Crippen molar-refractivity contribution in [2.45, 2.75) is 57.9 Å². The first-order valence-electron chi connectivity index (χ1n) is 11.3. The molecule has 0 bridgehead atoms. The van der Waals surface area contributed by atoms with Gasteiger partial charge in [-0.2, -0.15) is 0 Å². The van der Waals surface area contributed by atoms with E-state index in [1.807, 2.05) is 0 Å². The summed E-state index contributed by atoms with van der Waals surface area (Å²) >= 11 is 1.31. The number of rotatable bonds is 4. The minimum absolute atomic E-state index is 0.0372. The number of amides is 3. The Morgan fingerprint density at radius 1 is 1.00 bits per heavy atom. The van der Waals surface area contributed by atoms with E-state index in [0.29, 0.717) is 36.8 Å². The number of hydrazine groups is 1. The van der Waals surface area contributed by atoms with Gasteiger partial charge in [0.2, 0.25) is 5.91 Å². The van der Waals surface area contributed by atoms with Crippen LogP contribution < -0.4 is 15.8 Å². The molecule has 3 aliphatic rings. The van der Waals surface area contributed by atoms with E-state index in [1.54, 1.807) is 11.8 Å². The molecule has 1 unspecified atom stereocenters. The molecule has 0 aromatic carbocycles. The molecule has 0 radical (unpaired) electrons. The Bertz CT molecular complexity index is 817. The van der Waals surface area contributed by atoms with E-state index in [9.17, 15) is 14.4 Å². The summed E-state index contributed by atoms with van der Waals surface area (Å²) in [4.78, 5) is 47.1. The highest BCUT2D eigenvalue weighted by atomic mass is 32.1. The van der Waals surface area contributed by atoms with Crippen molar-refractivity contribution >= 4 is 34.2 Å². The number of ether oxygens (including phenoxy) is 1. The lowest BCUT2D eigenvalue weighted by Crippen LogP contribution is -2.52. The number of hydrogen-bond acceptors (Lipinski definition) is 7. The van der Waals surface area contributed by atoms with E-state index in [0.717, 1.165) is 50.3 Å². The lowest BCUT2D eigenvalue weighted by molar-refractivity contribution is -0.142. The Hall–Kier alpha value is -2.20. The summed E-state index contributed by atoms with van der Waals surface area (Å²) in [5, 5.41) is 0.789. The van der Waals surface area contributed by atoms with E-state index >= 15 is 0 Å². The number of nitrogens with zero attached hydrogens (tertiary/aromatic N) is 3. The van der Waals surface area contributed by atoms with Gasteiger partial charge in [-0.15, -0.1) is 0 Å². The number of morpholine rings is 1. The molecule has 3 heterocycles. The fourth-order valence-corrected chi connectivity index (χ4v) is 5.64. The van der Waals surface area contributed by atoms with Crippen LogP contribution in [0.25, 0.3) is 0 Å². The summed E-state index contributed by atoms with van der Waals surface area (Å²) in [6.45, 7) is 5.19. The van der Waals surface area contributed by atoms with Crippen LogP contribution in [0.2, 0.25) is 0 Å². The van der Waals surface area contributed by atoms with Gasteiger partial charge in [-0.1, -0.05) is 30.6 Å². The van der Waals surface area contributed by atoms with Crippen molar-refractivity contribution in [3.8, 4) is 0 Å². The van der Waals surface area contributed by atoms with Crippen molar-refractivity contribution in [2.75, 3.05) is 37.7 Å². The Kier molecular flexibility index (Phi) is 7.06. The molecule has 1 atom stereocenters. The van der Waals surface area contributed by atoms with Crippen LogP contribution >= 0.6 is 11.3 Å². The minimum atomic E-state index is -0.513. The Morgan fingerprint density at radius 3 is 2.48 bits per heavy atom. The van der Waals surface area contributed by atoms with Crippen molar-refractivity contribution in [3.63, 3.8) is 0 Å². The third-order valence-electron chi connectivity index (χ3n) is 6.37. The van der Waals surface area contributed by atoms with Gasteiger partial charge in [0, 0.05) is 25.6 Å². The molecule has 1 aliphatic carbocycles. The smallest absolute Gasteiger partial charge is 0.281 e. The molecule has 31 heavy (non-hydrogen) atoms. The monoisotopic (exact) mass is 449 g/mol. The average Bonchev–Trinajstić information content (AvgIpc) is 3.45. The van der Waals surface area contributed by atoms with Crippen molar-refractivity contribution in [1.82, 2.24) is 20.7 Å². The van der Waals surface area contributed by atoms with Crippen molar-refractivity contribution < 1.29 is 19.1 Å². The fraction of sp³-hybridized carbons (Fsp3) is 0.714. The molecular formula is C21H31N5O4S. The van der Waals surface area contributed by atoms with E-state index in [2.05, 4.69) is 20.7 Å². The van der Waals surface area contributed by atoms with Gasteiger partial charge in [0.05, 0.1) is 18.9 Å². The van der Waals surface area contributed by atoms with Crippen LogP contribution in [0.1, 0.15) is 60.3 Å².